The quantitative estimate of drug-likeness (QED) is 0.520. The second-order valence-electron chi connectivity index (χ2n) is 7.54. The molecule has 1 unspecified atom stereocenters. The van der Waals surface area contributed by atoms with Crippen LogP contribution in [0, 0.1) is 13.8 Å². The van der Waals surface area contributed by atoms with Crippen LogP contribution in [0.2, 0.25) is 0 Å². The van der Waals surface area contributed by atoms with E-state index >= 15 is 0 Å². The summed E-state index contributed by atoms with van der Waals surface area (Å²) in [5, 5.41) is 8.78. The van der Waals surface area contributed by atoms with Crippen molar-refractivity contribution in [3.05, 3.63) is 59.2 Å². The highest BCUT2D eigenvalue weighted by molar-refractivity contribution is 6.10. The maximum Gasteiger partial charge on any atom is 0.257 e. The molecular weight excluding hydrogens is 380 g/mol. The predicted molar refractivity (Wildman–Crippen MR) is 119 cm³/mol. The number of anilines is 2. The maximum atomic E-state index is 12.8. The van der Waals surface area contributed by atoms with E-state index in [0.29, 0.717) is 23.8 Å². The summed E-state index contributed by atoms with van der Waals surface area (Å²) in [4.78, 5) is 28.5. The summed E-state index contributed by atoms with van der Waals surface area (Å²) in [6.45, 7) is 6.73. The lowest BCUT2D eigenvalue weighted by Crippen LogP contribution is -2.36. The van der Waals surface area contributed by atoms with E-state index in [1.54, 1.807) is 24.3 Å². The van der Waals surface area contributed by atoms with Crippen molar-refractivity contribution in [1.29, 1.82) is 0 Å². The van der Waals surface area contributed by atoms with Crippen LogP contribution < -0.4 is 16.0 Å². The fourth-order valence-electron chi connectivity index (χ4n) is 3.36. The molecule has 1 saturated heterocycles. The molecule has 1 fully saturated rings. The monoisotopic (exact) mass is 408 g/mol. The molecule has 1 heterocycles. The van der Waals surface area contributed by atoms with E-state index in [4.69, 9.17) is 4.74 Å². The molecule has 0 radical (unpaired) electrons. The van der Waals surface area contributed by atoms with Gasteiger partial charge in [0.2, 0.25) is 11.9 Å². The molecule has 2 amide bonds. The zero-order valence-corrected chi connectivity index (χ0v) is 17.6. The van der Waals surface area contributed by atoms with Crippen molar-refractivity contribution < 1.29 is 14.3 Å². The van der Waals surface area contributed by atoms with Gasteiger partial charge in [-0.05, 0) is 74.2 Å². The molecule has 0 spiro atoms. The highest BCUT2D eigenvalue weighted by Gasteiger charge is 2.16. The molecule has 2 aromatic rings. The van der Waals surface area contributed by atoms with Crippen molar-refractivity contribution in [3.8, 4) is 0 Å². The van der Waals surface area contributed by atoms with E-state index in [2.05, 4.69) is 27.0 Å². The molecule has 158 valence electrons. The van der Waals surface area contributed by atoms with Crippen LogP contribution in [0.4, 0.5) is 11.4 Å². The Balaban J connectivity index is 1.74. The molecular formula is C23H28N4O3. The number of aryl methyl sites for hydroxylation is 2. The van der Waals surface area contributed by atoms with E-state index in [-0.39, 0.29) is 17.9 Å². The lowest BCUT2D eigenvalue weighted by atomic mass is 10.1. The molecule has 3 rings (SSSR count). The first-order valence-corrected chi connectivity index (χ1v) is 10.1. The van der Waals surface area contributed by atoms with Gasteiger partial charge in [-0.25, -0.2) is 4.99 Å². The number of hydrogen-bond donors (Lipinski definition) is 3. The van der Waals surface area contributed by atoms with E-state index < -0.39 is 0 Å². The Labute approximate surface area is 176 Å². The van der Waals surface area contributed by atoms with Gasteiger partial charge in [0.25, 0.3) is 5.91 Å². The van der Waals surface area contributed by atoms with Crippen LogP contribution in [-0.2, 0) is 9.53 Å². The number of ether oxygens (including phenoxy) is 1. The molecule has 0 aliphatic carbocycles. The van der Waals surface area contributed by atoms with Gasteiger partial charge in [0.1, 0.15) is 0 Å². The van der Waals surface area contributed by atoms with Gasteiger partial charge in [-0.2, -0.15) is 0 Å². The van der Waals surface area contributed by atoms with Crippen LogP contribution in [0.15, 0.2) is 47.5 Å². The molecule has 0 aromatic heterocycles. The molecule has 7 nitrogen and oxygen atoms in total. The van der Waals surface area contributed by atoms with E-state index in [1.165, 1.54) is 6.92 Å². The van der Waals surface area contributed by atoms with Crippen LogP contribution in [0.25, 0.3) is 0 Å². The third-order valence-corrected chi connectivity index (χ3v) is 4.66. The van der Waals surface area contributed by atoms with Crippen LogP contribution in [0.5, 0.6) is 0 Å². The van der Waals surface area contributed by atoms with Crippen molar-refractivity contribution in [2.75, 3.05) is 23.8 Å². The highest BCUT2D eigenvalue weighted by atomic mass is 16.5. The van der Waals surface area contributed by atoms with Crippen molar-refractivity contribution in [1.82, 2.24) is 5.32 Å². The van der Waals surface area contributed by atoms with Crippen LogP contribution in [0.3, 0.4) is 0 Å². The SMILES string of the molecule is CC(=O)Nc1ccc(C(=O)NC(=NCC2CCCO2)Nc2cc(C)cc(C)c2)cc1. The molecule has 0 bridgehead atoms. The summed E-state index contributed by atoms with van der Waals surface area (Å²) in [5.41, 5.74) is 4.21. The highest BCUT2D eigenvalue weighted by Crippen LogP contribution is 2.15. The molecule has 2 aromatic carbocycles. The number of aliphatic imine (C=N–C) groups is 1. The first-order chi connectivity index (χ1) is 14.4. The maximum absolute atomic E-state index is 12.8. The fraction of sp³-hybridized carbons (Fsp3) is 0.348. The third-order valence-electron chi connectivity index (χ3n) is 4.66. The smallest absolute Gasteiger partial charge is 0.257 e. The van der Waals surface area contributed by atoms with Gasteiger partial charge in [0, 0.05) is 30.5 Å². The van der Waals surface area contributed by atoms with Crippen molar-refractivity contribution in [2.24, 2.45) is 4.99 Å². The molecule has 0 saturated carbocycles. The second kappa shape index (κ2) is 10.0. The van der Waals surface area contributed by atoms with Crippen molar-refractivity contribution >= 4 is 29.1 Å². The van der Waals surface area contributed by atoms with Gasteiger partial charge in [0.05, 0.1) is 12.6 Å². The summed E-state index contributed by atoms with van der Waals surface area (Å²) >= 11 is 0. The van der Waals surface area contributed by atoms with E-state index in [0.717, 1.165) is 36.3 Å². The van der Waals surface area contributed by atoms with E-state index in [9.17, 15) is 9.59 Å². The molecule has 1 aliphatic rings. The minimum Gasteiger partial charge on any atom is -0.376 e. The number of carbonyl (C=O) groups excluding carboxylic acids is 2. The number of nitrogens with one attached hydrogen (secondary N) is 3. The first-order valence-electron chi connectivity index (χ1n) is 10.1. The molecule has 1 atom stereocenters. The number of benzene rings is 2. The van der Waals surface area contributed by atoms with Gasteiger partial charge in [-0.1, -0.05) is 6.07 Å². The second-order valence-corrected chi connectivity index (χ2v) is 7.54. The minimum absolute atomic E-state index is 0.0786. The zero-order chi connectivity index (χ0) is 21.5. The summed E-state index contributed by atoms with van der Waals surface area (Å²) in [6.07, 6.45) is 2.08. The fourth-order valence-corrected chi connectivity index (χ4v) is 3.36. The Bertz CT molecular complexity index is 912. The molecule has 1 aliphatic heterocycles. The number of nitrogens with zero attached hydrogens (tertiary/aromatic N) is 1. The topological polar surface area (TPSA) is 91.8 Å². The van der Waals surface area contributed by atoms with Crippen molar-refractivity contribution in [3.63, 3.8) is 0 Å². The van der Waals surface area contributed by atoms with E-state index in [1.807, 2.05) is 26.0 Å². The number of amides is 2. The van der Waals surface area contributed by atoms with Crippen LogP contribution in [-0.4, -0.2) is 37.0 Å². The summed E-state index contributed by atoms with van der Waals surface area (Å²) in [6, 6.07) is 12.8. The van der Waals surface area contributed by atoms with Gasteiger partial charge < -0.3 is 15.4 Å². The first kappa shape index (κ1) is 21.5. The largest absolute Gasteiger partial charge is 0.376 e. The van der Waals surface area contributed by atoms with Gasteiger partial charge in [0.15, 0.2) is 0 Å². The Hall–Kier alpha value is -3.19. The summed E-state index contributed by atoms with van der Waals surface area (Å²) < 4.78 is 5.64. The summed E-state index contributed by atoms with van der Waals surface area (Å²) in [7, 11) is 0. The molecule has 3 N–H and O–H groups in total. The van der Waals surface area contributed by atoms with Gasteiger partial charge >= 0.3 is 0 Å². The molecule has 7 heteroatoms. The van der Waals surface area contributed by atoms with Gasteiger partial charge in [-0.15, -0.1) is 0 Å². The Kier molecular flexibility index (Phi) is 7.19. The van der Waals surface area contributed by atoms with Crippen LogP contribution in [0.1, 0.15) is 41.3 Å². The average Bonchev–Trinajstić information content (AvgIpc) is 3.19. The Morgan fingerprint density at radius 1 is 1.03 bits per heavy atom. The number of guanidine groups is 1. The zero-order valence-electron chi connectivity index (χ0n) is 17.6. The van der Waals surface area contributed by atoms with Crippen molar-refractivity contribution in [2.45, 2.75) is 39.7 Å². The van der Waals surface area contributed by atoms with Gasteiger partial charge in [-0.3, -0.25) is 14.9 Å². The lowest BCUT2D eigenvalue weighted by molar-refractivity contribution is -0.114. The number of hydrogen-bond acceptors (Lipinski definition) is 4. The minimum atomic E-state index is -0.285. The summed E-state index contributed by atoms with van der Waals surface area (Å²) in [5.74, 6) is -0.0628. The number of carbonyl (C=O) groups is 2. The lowest BCUT2D eigenvalue weighted by Gasteiger charge is -2.14. The Morgan fingerprint density at radius 3 is 2.33 bits per heavy atom. The molecule has 30 heavy (non-hydrogen) atoms. The Morgan fingerprint density at radius 2 is 1.73 bits per heavy atom. The van der Waals surface area contributed by atoms with Crippen LogP contribution >= 0.6 is 0 Å². The number of rotatable bonds is 5. The normalized spacial score (nSPS) is 16.2. The third kappa shape index (κ3) is 6.42. The average molecular weight is 409 g/mol. The predicted octanol–water partition coefficient (Wildman–Crippen LogP) is 3.64. The standard InChI is InChI=1S/C23H28N4O3/c1-15-11-16(2)13-20(12-15)26-23(24-14-21-5-4-10-30-21)27-22(29)18-6-8-19(9-7-18)25-17(3)28/h6-9,11-13,21H,4-5,10,14H2,1-3H3,(H,25,28)(H2,24,26,27,29).